The van der Waals surface area contributed by atoms with Gasteiger partial charge >= 0.3 is 0 Å². The molecular formula is C3H5B. The Hall–Kier alpha value is 0.0649. The molecule has 0 nitrogen and oxygen atoms in total. The molecule has 2 aliphatic rings. The van der Waals surface area contributed by atoms with Crippen LogP contribution in [0.5, 0.6) is 0 Å². The minimum Gasteiger partial charge on any atom is -0.0783 e. The van der Waals surface area contributed by atoms with Crippen LogP contribution in [0.25, 0.3) is 0 Å². The second-order valence-corrected chi connectivity index (χ2v) is 1.99. The van der Waals surface area contributed by atoms with E-state index in [9.17, 15) is 0 Å². The molecule has 2 heterocycles. The highest BCUT2D eigenvalue weighted by Crippen LogP contribution is 2.61. The van der Waals surface area contributed by atoms with Crippen molar-refractivity contribution in [1.29, 1.82) is 0 Å². The third-order valence-corrected chi connectivity index (χ3v) is 1.47. The molecule has 1 heteroatoms. The summed E-state index contributed by atoms with van der Waals surface area (Å²) in [7, 11) is 0. The monoisotopic (exact) mass is 52.0 g/mol. The number of hydrogen-bond acceptors (Lipinski definition) is 0. The molecule has 0 saturated carbocycles. The Morgan fingerprint density at radius 1 is 1.50 bits per heavy atom. The summed E-state index contributed by atoms with van der Waals surface area (Å²) in [5.74, 6) is 1.25. The van der Waals surface area contributed by atoms with Gasteiger partial charge in [0.05, 0.1) is 0 Å². The molecule has 0 atom stereocenters. The van der Waals surface area contributed by atoms with Gasteiger partial charge in [0, 0.05) is 0 Å². The fourth-order valence-electron chi connectivity index (χ4n) is 0.552. The van der Waals surface area contributed by atoms with E-state index in [1.807, 2.05) is 0 Å². The van der Waals surface area contributed by atoms with Crippen molar-refractivity contribution < 1.29 is 0 Å². The van der Waals surface area contributed by atoms with E-state index in [1.54, 1.807) is 12.6 Å². The SMILES string of the molecule is C1B2CC12. The van der Waals surface area contributed by atoms with E-state index in [0.29, 0.717) is 0 Å². The fourth-order valence-corrected chi connectivity index (χ4v) is 0.552. The maximum atomic E-state index is 1.58. The van der Waals surface area contributed by atoms with Gasteiger partial charge in [-0.3, -0.25) is 0 Å². The molecule has 2 rings (SSSR count). The summed E-state index contributed by atoms with van der Waals surface area (Å²) in [4.78, 5) is 0. The molecule has 0 N–H and O–H groups in total. The van der Waals surface area contributed by atoms with Crippen LogP contribution in [-0.2, 0) is 0 Å². The van der Waals surface area contributed by atoms with Gasteiger partial charge < -0.3 is 0 Å². The Kier molecular flexibility index (Phi) is 0.0748. The summed E-state index contributed by atoms with van der Waals surface area (Å²) >= 11 is 0. The molecule has 0 spiro atoms. The minimum atomic E-state index is 1.25. The van der Waals surface area contributed by atoms with Crippen LogP contribution in [0.2, 0.25) is 18.5 Å². The maximum absolute atomic E-state index is 1.58. The highest BCUT2D eigenvalue weighted by atomic mass is 14.3. The Labute approximate surface area is 26.3 Å². The molecule has 0 aromatic rings. The molecule has 0 unspecified atom stereocenters. The summed E-state index contributed by atoms with van der Waals surface area (Å²) in [6, 6.07) is 0. The summed E-state index contributed by atoms with van der Waals surface area (Å²) in [6.07, 6.45) is 3.17. The van der Waals surface area contributed by atoms with Gasteiger partial charge in [-0.2, -0.15) is 0 Å². The van der Waals surface area contributed by atoms with Crippen LogP contribution in [0.1, 0.15) is 0 Å². The van der Waals surface area contributed by atoms with Gasteiger partial charge in [-0.25, -0.2) is 0 Å². The molecule has 4 heavy (non-hydrogen) atoms. The zero-order valence-electron chi connectivity index (χ0n) is 2.57. The lowest BCUT2D eigenvalue weighted by molar-refractivity contribution is 1.25. The number of rotatable bonds is 0. The van der Waals surface area contributed by atoms with E-state index in [4.69, 9.17) is 0 Å². The maximum Gasteiger partial charge on any atom is 0.140 e. The van der Waals surface area contributed by atoms with Crippen molar-refractivity contribution in [3.05, 3.63) is 0 Å². The first-order chi connectivity index (χ1) is 1.97. The molecule has 20 valence electrons. The molecule has 0 bridgehead atoms. The molecule has 0 amide bonds. The zero-order valence-corrected chi connectivity index (χ0v) is 2.57. The van der Waals surface area contributed by atoms with Crippen LogP contribution in [0, 0.1) is 0 Å². The Morgan fingerprint density at radius 2 is 1.75 bits per heavy atom. The second-order valence-electron chi connectivity index (χ2n) is 1.99. The Morgan fingerprint density at radius 3 is 1.75 bits per heavy atom. The summed E-state index contributed by atoms with van der Waals surface area (Å²) < 4.78 is 0. The van der Waals surface area contributed by atoms with Gasteiger partial charge in [0.2, 0.25) is 0 Å². The zero-order chi connectivity index (χ0) is 2.57. The average molecular weight is 51.9 g/mol. The average Bonchev–Trinajstić information content (AvgIpc) is 1.36. The van der Waals surface area contributed by atoms with E-state index in [0.717, 1.165) is 0 Å². The quantitative estimate of drug-likeness (QED) is 0.359. The first-order valence-corrected chi connectivity index (χ1v) is 1.97. The first-order valence-electron chi connectivity index (χ1n) is 1.97. The third kappa shape index (κ3) is 0.0360. The van der Waals surface area contributed by atoms with Gasteiger partial charge in [-0.15, -0.1) is 0 Å². The molecular weight excluding hydrogens is 46.8 g/mol. The van der Waals surface area contributed by atoms with Gasteiger partial charge in [-0.1, -0.05) is 18.5 Å². The largest absolute Gasteiger partial charge is 0.140 e. The Balaban J connectivity index is 2.48. The molecule has 2 fully saturated rings. The van der Waals surface area contributed by atoms with Crippen molar-refractivity contribution in [2.75, 3.05) is 0 Å². The summed E-state index contributed by atoms with van der Waals surface area (Å²) in [6.45, 7) is 1.25. The van der Waals surface area contributed by atoms with Crippen LogP contribution in [0.15, 0.2) is 0 Å². The van der Waals surface area contributed by atoms with E-state index in [2.05, 4.69) is 0 Å². The fraction of sp³-hybridized carbons (Fsp3) is 1.00. The highest BCUT2D eigenvalue weighted by Gasteiger charge is 2.56. The van der Waals surface area contributed by atoms with Crippen molar-refractivity contribution in [2.45, 2.75) is 18.5 Å². The van der Waals surface area contributed by atoms with Crippen LogP contribution < -0.4 is 0 Å². The van der Waals surface area contributed by atoms with Crippen LogP contribution in [-0.4, -0.2) is 6.71 Å². The van der Waals surface area contributed by atoms with E-state index < -0.39 is 0 Å². The molecule has 2 saturated heterocycles. The minimum absolute atomic E-state index is 1.25. The lowest BCUT2D eigenvalue weighted by Gasteiger charge is -1.60. The normalized spacial score (nSPS) is 34.5. The van der Waals surface area contributed by atoms with Gasteiger partial charge in [0.15, 0.2) is 0 Å². The van der Waals surface area contributed by atoms with E-state index in [-0.39, 0.29) is 0 Å². The van der Waals surface area contributed by atoms with Gasteiger partial charge in [-0.05, 0) is 0 Å². The molecule has 0 aliphatic carbocycles. The third-order valence-electron chi connectivity index (χ3n) is 1.47. The van der Waals surface area contributed by atoms with Crippen molar-refractivity contribution in [2.24, 2.45) is 0 Å². The first kappa shape index (κ1) is 1.49. The number of fused-ring (bicyclic) bond motifs is 1. The lowest BCUT2D eigenvalue weighted by Crippen LogP contribution is -1.55. The molecule has 2 aliphatic heterocycles. The summed E-state index contributed by atoms with van der Waals surface area (Å²) in [5, 5.41) is 0. The van der Waals surface area contributed by atoms with Crippen LogP contribution >= 0.6 is 0 Å². The van der Waals surface area contributed by atoms with Crippen LogP contribution in [0.4, 0.5) is 0 Å². The van der Waals surface area contributed by atoms with E-state index >= 15 is 0 Å². The van der Waals surface area contributed by atoms with Crippen molar-refractivity contribution in [3.63, 3.8) is 0 Å². The Bertz CT molecular complexity index is 39.2. The van der Waals surface area contributed by atoms with E-state index in [1.165, 1.54) is 12.5 Å². The van der Waals surface area contributed by atoms with Crippen molar-refractivity contribution in [1.82, 2.24) is 0 Å². The molecule has 0 aromatic carbocycles. The standard InChI is InChI=1S/C3H5B/c1-3-2-4(1)3/h3H,1-2H2. The smallest absolute Gasteiger partial charge is 0.0783 e. The predicted octanol–water partition coefficient (Wildman–Crippen LogP) is 0.879. The summed E-state index contributed by atoms with van der Waals surface area (Å²) in [5.41, 5.74) is 0. The van der Waals surface area contributed by atoms with Crippen molar-refractivity contribution in [3.8, 4) is 0 Å². The number of hydrogen-bond donors (Lipinski definition) is 0. The van der Waals surface area contributed by atoms with Gasteiger partial charge in [0.25, 0.3) is 0 Å². The van der Waals surface area contributed by atoms with Gasteiger partial charge in [0.1, 0.15) is 6.71 Å². The predicted molar refractivity (Wildman–Crippen MR) is 19.1 cm³/mol. The van der Waals surface area contributed by atoms with Crippen LogP contribution in [0.3, 0.4) is 0 Å². The molecule has 0 radical (unpaired) electrons. The topological polar surface area (TPSA) is 0 Å². The van der Waals surface area contributed by atoms with Crippen molar-refractivity contribution >= 4 is 6.71 Å². The lowest BCUT2D eigenvalue weighted by atomic mass is 9.87. The second kappa shape index (κ2) is 0.201. The highest BCUT2D eigenvalue weighted by molar-refractivity contribution is 6.84. The molecule has 0 aromatic heterocycles.